The van der Waals surface area contributed by atoms with Crippen molar-refractivity contribution >= 4 is 0 Å². The van der Waals surface area contributed by atoms with Gasteiger partial charge < -0.3 is 5.11 Å². The number of aliphatic hydroxyl groups excluding tert-OH is 1. The fourth-order valence-electron chi connectivity index (χ4n) is 2.59. The third-order valence-electron chi connectivity index (χ3n) is 3.84. The molecule has 1 fully saturated rings. The van der Waals surface area contributed by atoms with Crippen LogP contribution in [0.4, 0.5) is 13.2 Å². The average molecular weight is 301 g/mol. The molecule has 0 unspecified atom stereocenters. The molecule has 0 saturated carbocycles. The highest BCUT2D eigenvalue weighted by molar-refractivity contribution is 5.35. The summed E-state index contributed by atoms with van der Waals surface area (Å²) in [5.74, 6) is 0. The summed E-state index contributed by atoms with van der Waals surface area (Å²) in [5.41, 5.74) is 0.418. The summed E-state index contributed by atoms with van der Waals surface area (Å²) in [6.45, 7) is 7.43. The lowest BCUT2D eigenvalue weighted by atomic mass is 9.85. The quantitative estimate of drug-likeness (QED) is 0.902. The number of benzene rings is 1. The van der Waals surface area contributed by atoms with Crippen molar-refractivity contribution in [3.8, 4) is 0 Å². The molecule has 0 aromatic heterocycles. The molecule has 0 radical (unpaired) electrons. The van der Waals surface area contributed by atoms with Gasteiger partial charge in [-0.1, -0.05) is 26.8 Å². The van der Waals surface area contributed by atoms with Crippen molar-refractivity contribution in [3.63, 3.8) is 0 Å². The molecule has 1 aliphatic heterocycles. The molecule has 1 aromatic rings. The van der Waals surface area contributed by atoms with Gasteiger partial charge in [0.15, 0.2) is 0 Å². The minimum Gasteiger partial charge on any atom is -0.392 e. The molecule has 1 aromatic carbocycles. The van der Waals surface area contributed by atoms with Crippen LogP contribution >= 0.6 is 0 Å². The standard InChI is InChI=1S/C16H22F3NO/c1-15(2,3)12-6-11(7-13(8-12)16(17,18)19)9-20-5-4-14(21)10-20/h6-8,14,21H,4-5,9-10H2,1-3H3/t14-/m1/s1. The summed E-state index contributed by atoms with van der Waals surface area (Å²) in [6, 6.07) is 4.31. The third-order valence-corrected chi connectivity index (χ3v) is 3.84. The van der Waals surface area contributed by atoms with E-state index in [1.54, 1.807) is 0 Å². The molecule has 1 saturated heterocycles. The van der Waals surface area contributed by atoms with Crippen LogP contribution in [0.2, 0.25) is 0 Å². The molecule has 0 aliphatic carbocycles. The summed E-state index contributed by atoms with van der Waals surface area (Å²) in [7, 11) is 0. The van der Waals surface area contributed by atoms with Gasteiger partial charge in [-0.15, -0.1) is 0 Å². The molecule has 0 bridgehead atoms. The highest BCUT2D eigenvalue weighted by Gasteiger charge is 2.32. The minimum absolute atomic E-state index is 0.333. The van der Waals surface area contributed by atoms with E-state index in [9.17, 15) is 18.3 Å². The van der Waals surface area contributed by atoms with E-state index in [4.69, 9.17) is 0 Å². The molecule has 0 spiro atoms. The van der Waals surface area contributed by atoms with E-state index in [0.717, 1.165) is 6.54 Å². The zero-order valence-corrected chi connectivity index (χ0v) is 12.7. The number of halogens is 3. The van der Waals surface area contributed by atoms with Crippen molar-refractivity contribution in [2.75, 3.05) is 13.1 Å². The molecular weight excluding hydrogens is 279 g/mol. The fraction of sp³-hybridized carbons (Fsp3) is 0.625. The van der Waals surface area contributed by atoms with Gasteiger partial charge in [-0.2, -0.15) is 13.2 Å². The van der Waals surface area contributed by atoms with Crippen molar-refractivity contribution in [2.24, 2.45) is 0 Å². The number of hydrogen-bond acceptors (Lipinski definition) is 2. The van der Waals surface area contributed by atoms with Crippen LogP contribution in [-0.2, 0) is 18.1 Å². The Morgan fingerprint density at radius 2 is 1.76 bits per heavy atom. The molecule has 5 heteroatoms. The van der Waals surface area contributed by atoms with Gasteiger partial charge in [0.25, 0.3) is 0 Å². The van der Waals surface area contributed by atoms with Crippen LogP contribution in [-0.4, -0.2) is 29.2 Å². The largest absolute Gasteiger partial charge is 0.416 e. The Kier molecular flexibility index (Phi) is 4.36. The molecule has 118 valence electrons. The second kappa shape index (κ2) is 5.61. The molecule has 21 heavy (non-hydrogen) atoms. The van der Waals surface area contributed by atoms with Crippen LogP contribution in [0, 0.1) is 0 Å². The summed E-state index contributed by atoms with van der Waals surface area (Å²) in [5, 5.41) is 9.52. The fourth-order valence-corrected chi connectivity index (χ4v) is 2.59. The first-order chi connectivity index (χ1) is 9.55. The maximum absolute atomic E-state index is 13.1. The Hall–Kier alpha value is -1.07. The Morgan fingerprint density at radius 3 is 2.24 bits per heavy atom. The van der Waals surface area contributed by atoms with Crippen LogP contribution < -0.4 is 0 Å². The SMILES string of the molecule is CC(C)(C)c1cc(CN2CC[C@@H](O)C2)cc(C(F)(F)F)c1. The second-order valence-electron chi connectivity index (χ2n) is 6.84. The lowest BCUT2D eigenvalue weighted by Gasteiger charge is -2.23. The number of likely N-dealkylation sites (tertiary alicyclic amines) is 1. The number of hydrogen-bond donors (Lipinski definition) is 1. The van der Waals surface area contributed by atoms with Crippen molar-refractivity contribution in [1.82, 2.24) is 4.90 Å². The van der Waals surface area contributed by atoms with Crippen LogP contribution in [0.1, 0.15) is 43.9 Å². The Balaban J connectivity index is 2.31. The number of aliphatic hydroxyl groups is 1. The Morgan fingerprint density at radius 1 is 1.14 bits per heavy atom. The number of alkyl halides is 3. The molecule has 1 heterocycles. The van der Waals surface area contributed by atoms with Crippen molar-refractivity contribution < 1.29 is 18.3 Å². The van der Waals surface area contributed by atoms with Crippen molar-refractivity contribution in [2.45, 2.75) is 51.4 Å². The minimum atomic E-state index is -4.33. The van der Waals surface area contributed by atoms with Crippen LogP contribution in [0.5, 0.6) is 0 Å². The molecule has 1 atom stereocenters. The zero-order chi connectivity index (χ0) is 15.8. The molecular formula is C16H22F3NO. The predicted octanol–water partition coefficient (Wildman–Crippen LogP) is 3.57. The number of β-amino-alcohol motifs (C(OH)–C–C–N with tert-alkyl or cyclic N) is 1. The Labute approximate surface area is 123 Å². The first-order valence-electron chi connectivity index (χ1n) is 7.18. The van der Waals surface area contributed by atoms with Gasteiger partial charge in [0.05, 0.1) is 11.7 Å². The number of nitrogens with zero attached hydrogens (tertiary/aromatic N) is 1. The van der Waals surface area contributed by atoms with Gasteiger partial charge in [0.2, 0.25) is 0 Å². The lowest BCUT2D eigenvalue weighted by Crippen LogP contribution is -2.22. The molecule has 1 aliphatic rings. The molecule has 2 rings (SSSR count). The molecule has 0 amide bonds. The van der Waals surface area contributed by atoms with Gasteiger partial charge in [0, 0.05) is 19.6 Å². The maximum atomic E-state index is 13.1. The topological polar surface area (TPSA) is 23.5 Å². The monoisotopic (exact) mass is 301 g/mol. The van der Waals surface area contributed by atoms with Crippen LogP contribution in [0.15, 0.2) is 18.2 Å². The van der Waals surface area contributed by atoms with E-state index < -0.39 is 11.7 Å². The van der Waals surface area contributed by atoms with E-state index >= 15 is 0 Å². The number of rotatable bonds is 2. The summed E-state index contributed by atoms with van der Waals surface area (Å²) in [6.07, 6.45) is -4.01. The van der Waals surface area contributed by atoms with Gasteiger partial charge >= 0.3 is 6.18 Å². The lowest BCUT2D eigenvalue weighted by molar-refractivity contribution is -0.137. The molecule has 1 N–H and O–H groups in total. The van der Waals surface area contributed by atoms with Gasteiger partial charge in [-0.3, -0.25) is 4.90 Å². The van der Waals surface area contributed by atoms with E-state index in [1.807, 2.05) is 31.7 Å². The second-order valence-corrected chi connectivity index (χ2v) is 6.84. The van der Waals surface area contributed by atoms with Crippen molar-refractivity contribution in [3.05, 3.63) is 34.9 Å². The van der Waals surface area contributed by atoms with Crippen molar-refractivity contribution in [1.29, 1.82) is 0 Å². The van der Waals surface area contributed by atoms with Crippen LogP contribution in [0.3, 0.4) is 0 Å². The first-order valence-corrected chi connectivity index (χ1v) is 7.18. The van der Waals surface area contributed by atoms with E-state index in [-0.39, 0.29) is 11.5 Å². The first kappa shape index (κ1) is 16.3. The highest BCUT2D eigenvalue weighted by Crippen LogP contribution is 2.34. The zero-order valence-electron chi connectivity index (χ0n) is 12.7. The summed E-state index contributed by atoms with van der Waals surface area (Å²) in [4.78, 5) is 1.99. The Bertz CT molecular complexity index is 473. The maximum Gasteiger partial charge on any atom is 0.416 e. The van der Waals surface area contributed by atoms with Gasteiger partial charge in [-0.25, -0.2) is 0 Å². The van der Waals surface area contributed by atoms with E-state index in [1.165, 1.54) is 12.1 Å². The van der Waals surface area contributed by atoms with E-state index in [2.05, 4.69) is 0 Å². The van der Waals surface area contributed by atoms with Gasteiger partial charge in [0.1, 0.15) is 0 Å². The summed E-state index contributed by atoms with van der Waals surface area (Å²) >= 11 is 0. The van der Waals surface area contributed by atoms with E-state index in [0.29, 0.717) is 30.6 Å². The van der Waals surface area contributed by atoms with Crippen LogP contribution in [0.25, 0.3) is 0 Å². The predicted molar refractivity (Wildman–Crippen MR) is 76.0 cm³/mol. The average Bonchev–Trinajstić information content (AvgIpc) is 2.72. The molecule has 2 nitrogen and oxygen atoms in total. The smallest absolute Gasteiger partial charge is 0.392 e. The third kappa shape index (κ3) is 4.20. The highest BCUT2D eigenvalue weighted by atomic mass is 19.4. The summed E-state index contributed by atoms with van der Waals surface area (Å²) < 4.78 is 39.2. The van der Waals surface area contributed by atoms with Gasteiger partial charge in [-0.05, 0) is 35.1 Å². The normalized spacial score (nSPS) is 21.0.